The highest BCUT2D eigenvalue weighted by atomic mass is 16.5. The maximum Gasteiger partial charge on any atom is 0.327 e. The van der Waals surface area contributed by atoms with Gasteiger partial charge in [0.25, 0.3) is 0 Å². The third-order valence-corrected chi connectivity index (χ3v) is 7.90. The Morgan fingerprint density at radius 3 is 2.80 bits per heavy atom. The molecule has 0 radical (unpaired) electrons. The van der Waals surface area contributed by atoms with Crippen molar-refractivity contribution >= 4 is 29.0 Å². The Morgan fingerprint density at radius 2 is 2.02 bits per heavy atom. The molecule has 2 atom stereocenters. The lowest BCUT2D eigenvalue weighted by molar-refractivity contribution is -0.141. The van der Waals surface area contributed by atoms with Crippen molar-refractivity contribution in [3.8, 4) is 17.0 Å². The van der Waals surface area contributed by atoms with Gasteiger partial charge in [-0.1, -0.05) is 6.07 Å². The fourth-order valence-electron chi connectivity index (χ4n) is 5.80. The summed E-state index contributed by atoms with van der Waals surface area (Å²) in [4.78, 5) is 14.3. The van der Waals surface area contributed by atoms with E-state index < -0.39 is 0 Å². The van der Waals surface area contributed by atoms with E-state index in [4.69, 9.17) is 24.4 Å². The summed E-state index contributed by atoms with van der Waals surface area (Å²) < 4.78 is 23.0. The molecule has 1 fully saturated rings. The minimum absolute atomic E-state index is 0.0512. The maximum atomic E-state index is 12.1. The number of benzene rings is 1. The van der Waals surface area contributed by atoms with Crippen LogP contribution in [0.15, 0.2) is 24.4 Å². The van der Waals surface area contributed by atoms with E-state index in [2.05, 4.69) is 41.2 Å². The summed E-state index contributed by atoms with van der Waals surface area (Å²) in [5.41, 5.74) is 6.53. The highest BCUT2D eigenvalue weighted by Gasteiger charge is 2.24. The van der Waals surface area contributed by atoms with Crippen molar-refractivity contribution in [1.82, 2.24) is 34.2 Å². The van der Waals surface area contributed by atoms with E-state index in [0.29, 0.717) is 13.1 Å². The van der Waals surface area contributed by atoms with Crippen molar-refractivity contribution in [2.24, 2.45) is 7.05 Å². The molecule has 1 aromatic carbocycles. The number of nitrogens with zero attached hydrogens (tertiary/aromatic N) is 7. The van der Waals surface area contributed by atoms with Gasteiger partial charge in [0.15, 0.2) is 6.23 Å². The average Bonchev–Trinajstić information content (AvgIpc) is 3.60. The molecule has 11 nitrogen and oxygen atoms in total. The first-order valence-electron chi connectivity index (χ1n) is 14.1. The molecule has 3 aromatic heterocycles. The van der Waals surface area contributed by atoms with Crippen molar-refractivity contribution in [2.45, 2.75) is 58.5 Å². The lowest BCUT2D eigenvalue weighted by Gasteiger charge is -2.23. The minimum atomic E-state index is -0.341. The third kappa shape index (κ3) is 5.27. The zero-order valence-electron chi connectivity index (χ0n) is 24.3. The van der Waals surface area contributed by atoms with Crippen LogP contribution < -0.4 is 4.74 Å². The topological polar surface area (TPSA) is 101 Å². The molecule has 0 saturated carbocycles. The Labute approximate surface area is 239 Å². The smallest absolute Gasteiger partial charge is 0.327 e. The lowest BCUT2D eigenvalue weighted by atomic mass is 10.0. The number of ether oxygens (including phenoxy) is 3. The monoisotopic (exact) mass is 559 g/mol. The normalized spacial score (nSPS) is 20.6. The number of carbonyl (C=O) groups excluding carboxylic acids is 1. The highest BCUT2D eigenvalue weighted by molar-refractivity contribution is 5.93. The van der Waals surface area contributed by atoms with Crippen LogP contribution in [0.5, 0.6) is 5.88 Å². The van der Waals surface area contributed by atoms with E-state index in [1.54, 1.807) is 9.36 Å². The van der Waals surface area contributed by atoms with Crippen LogP contribution in [0.4, 0.5) is 0 Å². The Bertz CT molecular complexity index is 1610. The molecule has 5 heterocycles. The first kappa shape index (κ1) is 27.2. The van der Waals surface area contributed by atoms with Crippen LogP contribution in [-0.2, 0) is 34.4 Å². The number of hydrogen-bond donors (Lipinski definition) is 0. The van der Waals surface area contributed by atoms with Crippen molar-refractivity contribution in [3.05, 3.63) is 47.0 Å². The van der Waals surface area contributed by atoms with E-state index in [1.807, 2.05) is 38.0 Å². The Balaban J connectivity index is 1.53. The largest absolute Gasteiger partial charge is 0.473 e. The SMILES string of the molecule is COC(=O)Cn1nc2c(c1C)/C=C/c1nn(C3CCCCO3)c3ccc(cc13)-c1cnn(C)c1O[C@@H](C)CN(C)C2. The van der Waals surface area contributed by atoms with Gasteiger partial charge in [-0.15, -0.1) is 0 Å². The molecule has 0 aliphatic carbocycles. The van der Waals surface area contributed by atoms with E-state index in [9.17, 15) is 4.79 Å². The third-order valence-electron chi connectivity index (χ3n) is 7.90. The summed E-state index contributed by atoms with van der Waals surface area (Å²) in [5, 5.41) is 15.4. The van der Waals surface area contributed by atoms with Crippen LogP contribution in [0.1, 0.15) is 55.1 Å². The number of aryl methyl sites for hydroxylation is 1. The van der Waals surface area contributed by atoms with E-state index in [1.165, 1.54) is 7.11 Å². The average molecular weight is 560 g/mol. The Morgan fingerprint density at radius 1 is 1.17 bits per heavy atom. The quantitative estimate of drug-likeness (QED) is 0.345. The molecule has 0 amide bonds. The predicted molar refractivity (Wildman–Crippen MR) is 155 cm³/mol. The van der Waals surface area contributed by atoms with Gasteiger partial charge in [-0.3, -0.25) is 14.4 Å². The summed E-state index contributed by atoms with van der Waals surface area (Å²) in [6, 6.07) is 6.38. The molecule has 11 heteroatoms. The molecule has 216 valence electrons. The van der Waals surface area contributed by atoms with Crippen molar-refractivity contribution < 1.29 is 19.0 Å². The molecular weight excluding hydrogens is 522 g/mol. The molecule has 2 aliphatic heterocycles. The number of rotatable bonds is 3. The Kier molecular flexibility index (Phi) is 7.39. The van der Waals surface area contributed by atoms with Crippen LogP contribution in [-0.4, -0.2) is 73.6 Å². The fourth-order valence-corrected chi connectivity index (χ4v) is 5.80. The van der Waals surface area contributed by atoms with Crippen molar-refractivity contribution in [3.63, 3.8) is 0 Å². The summed E-state index contributed by atoms with van der Waals surface area (Å²) in [6.45, 7) is 6.07. The number of aromatic nitrogens is 6. The predicted octanol–water partition coefficient (Wildman–Crippen LogP) is 4.20. The zero-order valence-corrected chi connectivity index (χ0v) is 24.3. The standard InChI is InChI=1S/C30H37N7O4/c1-19-16-34(3)17-26-22(20(2)36(32-26)18-29(38)39-5)10-11-25-23-14-21(24-15-31-35(4)30(24)41-19)9-12-27(23)37(33-25)28-8-6-7-13-40-28/h9-12,14-15,19,28H,6-8,13,16-18H2,1-5H3/b11-10+/t19-,28?/m0/s1. The van der Waals surface area contributed by atoms with Gasteiger partial charge in [-0.25, -0.2) is 9.36 Å². The molecule has 6 rings (SSSR count). The minimum Gasteiger partial charge on any atom is -0.473 e. The van der Waals surface area contributed by atoms with Gasteiger partial charge < -0.3 is 14.2 Å². The van der Waals surface area contributed by atoms with Crippen molar-refractivity contribution in [1.29, 1.82) is 0 Å². The van der Waals surface area contributed by atoms with Crippen molar-refractivity contribution in [2.75, 3.05) is 27.3 Å². The molecule has 4 aromatic rings. The molecule has 0 spiro atoms. The van der Waals surface area contributed by atoms with Crippen LogP contribution >= 0.6 is 0 Å². The van der Waals surface area contributed by atoms with Crippen LogP contribution in [0.25, 0.3) is 34.2 Å². The second kappa shape index (κ2) is 11.1. The number of fused-ring (bicyclic) bond motifs is 4. The number of hydrogen-bond acceptors (Lipinski definition) is 8. The number of methoxy groups -OCH3 is 1. The molecule has 0 N–H and O–H groups in total. The summed E-state index contributed by atoms with van der Waals surface area (Å²) in [6.07, 6.45) is 8.87. The van der Waals surface area contributed by atoms with E-state index >= 15 is 0 Å². The van der Waals surface area contributed by atoms with Crippen LogP contribution in [0.2, 0.25) is 0 Å². The molecule has 2 aliphatic rings. The molecule has 1 unspecified atom stereocenters. The first-order valence-corrected chi connectivity index (χ1v) is 14.1. The number of esters is 1. The second-order valence-electron chi connectivity index (χ2n) is 11.0. The van der Waals surface area contributed by atoms with Crippen LogP contribution in [0, 0.1) is 6.92 Å². The van der Waals surface area contributed by atoms with E-state index in [-0.39, 0.29) is 24.8 Å². The summed E-state index contributed by atoms with van der Waals surface area (Å²) in [7, 11) is 5.34. The van der Waals surface area contributed by atoms with Gasteiger partial charge in [-0.2, -0.15) is 15.3 Å². The fraction of sp³-hybridized carbons (Fsp3) is 0.467. The molecular formula is C30H37N7O4. The van der Waals surface area contributed by atoms with Gasteiger partial charge in [0.2, 0.25) is 5.88 Å². The first-order chi connectivity index (χ1) is 19.8. The van der Waals surface area contributed by atoms with Gasteiger partial charge in [0.05, 0.1) is 35.8 Å². The molecule has 41 heavy (non-hydrogen) atoms. The van der Waals surface area contributed by atoms with E-state index in [0.717, 1.165) is 76.4 Å². The van der Waals surface area contributed by atoms with Gasteiger partial charge in [-0.05, 0) is 70.0 Å². The Hall–Kier alpha value is -3.96. The summed E-state index contributed by atoms with van der Waals surface area (Å²) in [5.74, 6) is 0.381. The van der Waals surface area contributed by atoms with Crippen LogP contribution in [0.3, 0.4) is 0 Å². The van der Waals surface area contributed by atoms with Gasteiger partial charge in [0.1, 0.15) is 12.6 Å². The number of carbonyl (C=O) groups is 1. The maximum absolute atomic E-state index is 12.1. The second-order valence-corrected chi connectivity index (χ2v) is 11.0. The zero-order chi connectivity index (χ0) is 28.7. The molecule has 2 bridgehead atoms. The van der Waals surface area contributed by atoms with Gasteiger partial charge in [0, 0.05) is 43.4 Å². The molecule has 1 saturated heterocycles. The summed E-state index contributed by atoms with van der Waals surface area (Å²) >= 11 is 0. The van der Waals surface area contributed by atoms with Gasteiger partial charge >= 0.3 is 5.97 Å². The highest BCUT2D eigenvalue weighted by Crippen LogP contribution is 2.36. The number of likely N-dealkylation sites (N-methyl/N-ethyl adjacent to an activating group) is 1. The lowest BCUT2D eigenvalue weighted by Crippen LogP contribution is -2.31.